The summed E-state index contributed by atoms with van der Waals surface area (Å²) < 4.78 is 0. The van der Waals surface area contributed by atoms with Crippen molar-refractivity contribution >= 4 is 0 Å². The van der Waals surface area contributed by atoms with Crippen LogP contribution in [0.15, 0.2) is 0 Å². The monoisotopic (exact) mass is 164 g/mol. The van der Waals surface area contributed by atoms with Crippen LogP contribution in [0.1, 0.15) is 39.5 Å². The van der Waals surface area contributed by atoms with Gasteiger partial charge in [-0.3, -0.25) is 0 Å². The molecule has 0 bridgehead atoms. The third-order valence-electron chi connectivity index (χ3n) is 0.957. The number of rotatable bonds is 3. The third kappa shape index (κ3) is 219. The summed E-state index contributed by atoms with van der Waals surface area (Å²) in [7, 11) is 0. The summed E-state index contributed by atoms with van der Waals surface area (Å²) >= 11 is 0. The third-order valence-corrected chi connectivity index (χ3v) is 0.957. The highest BCUT2D eigenvalue weighted by molar-refractivity contribution is 4.31. The molecule has 0 aliphatic rings. The normalized spacial score (nSPS) is 5.00. The summed E-state index contributed by atoms with van der Waals surface area (Å²) in [6, 6.07) is 0. The second-order valence-electron chi connectivity index (χ2n) is 1.71. The Balaban J connectivity index is -0.0000000453. The van der Waals surface area contributed by atoms with Crippen LogP contribution < -0.4 is 0 Å². The molecule has 12 heavy (non-hydrogen) atoms. The molecule has 0 N–H and O–H groups in total. The Morgan fingerprint density at radius 2 is 0.833 bits per heavy atom. The van der Waals surface area contributed by atoms with E-state index in [0.717, 1.165) is 0 Å². The molecule has 3 heteroatoms. The highest BCUT2D eigenvalue weighted by atomic mass is 14.2. The quantitative estimate of drug-likeness (QED) is 0.475. The lowest BCUT2D eigenvalue weighted by Crippen LogP contribution is -1.66. The van der Waals surface area contributed by atoms with Crippen LogP contribution in [0.25, 0.3) is 0 Å². The van der Waals surface area contributed by atoms with Gasteiger partial charge in [-0.2, -0.15) is 0 Å². The molecule has 0 atom stereocenters. The predicted molar refractivity (Wildman–Crippen MR) is 44.7 cm³/mol. The Morgan fingerprint density at radius 1 is 0.667 bits per heavy atom. The number of hydrogen-bond donors (Lipinski definition) is 0. The van der Waals surface area contributed by atoms with Gasteiger partial charge in [0, 0.05) is 0 Å². The fraction of sp³-hybridized carbons (Fsp3) is 0.667. The summed E-state index contributed by atoms with van der Waals surface area (Å²) in [5.41, 5.74) is 0. The van der Waals surface area contributed by atoms with E-state index in [2.05, 4.69) is 13.8 Å². The van der Waals surface area contributed by atoms with Crippen molar-refractivity contribution in [2.24, 2.45) is 0 Å². The molecule has 0 aromatic carbocycles. The summed E-state index contributed by atoms with van der Waals surface area (Å²) in [6.07, 6.45) is 5.54. The molecule has 0 rings (SSSR count). The summed E-state index contributed by atoms with van der Waals surface area (Å²) in [4.78, 5) is 0. The van der Waals surface area contributed by atoms with Crippen molar-refractivity contribution in [3.8, 4) is 0 Å². The molecular formula is C9H14N3-3. The van der Waals surface area contributed by atoms with Gasteiger partial charge < -0.3 is 35.5 Å². The van der Waals surface area contributed by atoms with E-state index in [1.54, 1.807) is 0 Å². The molecule has 0 unspecified atom stereocenters. The average molecular weight is 164 g/mol. The van der Waals surface area contributed by atoms with Gasteiger partial charge in [-0.1, -0.05) is 39.5 Å². The van der Waals surface area contributed by atoms with E-state index in [0.29, 0.717) is 0 Å². The zero-order valence-corrected chi connectivity index (χ0v) is 7.67. The fourth-order valence-corrected chi connectivity index (χ4v) is 0.500. The minimum absolute atomic E-state index is 1.36. The van der Waals surface area contributed by atoms with Crippen molar-refractivity contribution in [2.45, 2.75) is 39.5 Å². The zero-order chi connectivity index (χ0) is 10.8. The van der Waals surface area contributed by atoms with Crippen molar-refractivity contribution in [1.29, 1.82) is 15.8 Å². The number of unbranched alkanes of at least 4 members (excludes halogenated alkanes) is 3. The highest BCUT2D eigenvalue weighted by Gasteiger charge is 1.75. The predicted octanol–water partition coefficient (Wildman–Crippen LogP) is 2.88. The van der Waals surface area contributed by atoms with Gasteiger partial charge in [0.1, 0.15) is 0 Å². The van der Waals surface area contributed by atoms with Crippen LogP contribution in [-0.4, -0.2) is 0 Å². The van der Waals surface area contributed by atoms with Crippen LogP contribution in [-0.2, 0) is 0 Å². The van der Waals surface area contributed by atoms with E-state index in [1.807, 2.05) is 0 Å². The lowest BCUT2D eigenvalue weighted by molar-refractivity contribution is 0.702. The summed E-state index contributed by atoms with van der Waals surface area (Å²) in [6.45, 7) is 18.7. The number of nitrogens with zero attached hydrogens (tertiary/aromatic N) is 3. The minimum atomic E-state index is 1.36. The Kier molecular flexibility index (Phi) is 208. The molecule has 3 nitrogen and oxygen atoms in total. The van der Waals surface area contributed by atoms with E-state index < -0.39 is 0 Å². The van der Waals surface area contributed by atoms with Gasteiger partial charge in [0.05, 0.1) is 0 Å². The van der Waals surface area contributed by atoms with Gasteiger partial charge in [0.15, 0.2) is 0 Å². The molecule has 0 amide bonds. The van der Waals surface area contributed by atoms with Crippen LogP contribution in [0, 0.1) is 35.5 Å². The summed E-state index contributed by atoms with van der Waals surface area (Å²) in [5, 5.41) is 18.8. The highest BCUT2D eigenvalue weighted by Crippen LogP contribution is 1.95. The average Bonchev–Trinajstić information content (AvgIpc) is 2.24. The molecule has 0 aliphatic heterocycles. The van der Waals surface area contributed by atoms with Gasteiger partial charge in [-0.15, -0.1) is 0 Å². The van der Waals surface area contributed by atoms with E-state index in [4.69, 9.17) is 35.5 Å². The molecule has 0 aromatic heterocycles. The molecule has 0 saturated carbocycles. The molecule has 0 fully saturated rings. The maximum atomic E-state index is 6.25. The molecule has 0 spiro atoms. The SMILES string of the molecule is CCCCCC.[C-]#N.[C-]#N.[C-]#N. The van der Waals surface area contributed by atoms with Gasteiger partial charge in [-0.05, 0) is 0 Å². The lowest BCUT2D eigenvalue weighted by atomic mass is 10.2. The first-order valence-corrected chi connectivity index (χ1v) is 3.59. The van der Waals surface area contributed by atoms with Crippen LogP contribution in [0.2, 0.25) is 0 Å². The van der Waals surface area contributed by atoms with Crippen LogP contribution in [0.3, 0.4) is 0 Å². The molecule has 0 heterocycles. The number of hydrogen-bond acceptors (Lipinski definition) is 3. The minimum Gasteiger partial charge on any atom is -0.512 e. The van der Waals surface area contributed by atoms with E-state index in [-0.39, 0.29) is 0 Å². The molecule has 0 aromatic rings. The van der Waals surface area contributed by atoms with Crippen LogP contribution in [0.4, 0.5) is 0 Å². The second-order valence-corrected chi connectivity index (χ2v) is 1.71. The van der Waals surface area contributed by atoms with Crippen molar-refractivity contribution in [2.75, 3.05) is 0 Å². The van der Waals surface area contributed by atoms with Crippen LogP contribution >= 0.6 is 0 Å². The molecule has 0 saturated heterocycles. The van der Waals surface area contributed by atoms with Gasteiger partial charge >= 0.3 is 0 Å². The topological polar surface area (TPSA) is 71.4 Å². The van der Waals surface area contributed by atoms with Gasteiger partial charge in [-0.25, -0.2) is 0 Å². The summed E-state index contributed by atoms with van der Waals surface area (Å²) in [5.74, 6) is 0. The maximum absolute atomic E-state index is 6.25. The first kappa shape index (κ1) is 22.4. The lowest BCUT2D eigenvalue weighted by Gasteiger charge is -1.86. The van der Waals surface area contributed by atoms with Crippen molar-refractivity contribution in [1.82, 2.24) is 0 Å². The Hall–Kier alpha value is -1.53. The van der Waals surface area contributed by atoms with E-state index in [9.17, 15) is 0 Å². The fourth-order valence-electron chi connectivity index (χ4n) is 0.500. The Morgan fingerprint density at radius 3 is 0.917 bits per heavy atom. The first-order valence-electron chi connectivity index (χ1n) is 3.59. The molecule has 0 aliphatic carbocycles. The second kappa shape index (κ2) is 111. The van der Waals surface area contributed by atoms with E-state index in [1.165, 1.54) is 25.7 Å². The molecular weight excluding hydrogens is 150 g/mol. The maximum Gasteiger partial charge on any atom is -0.0536 e. The first-order chi connectivity index (χ1) is 5.91. The zero-order valence-electron chi connectivity index (χ0n) is 7.67. The largest absolute Gasteiger partial charge is 0.512 e. The molecule has 68 valence electrons. The van der Waals surface area contributed by atoms with Crippen molar-refractivity contribution in [3.63, 3.8) is 0 Å². The van der Waals surface area contributed by atoms with Gasteiger partial charge in [0.25, 0.3) is 0 Å². The van der Waals surface area contributed by atoms with Crippen molar-refractivity contribution < 1.29 is 0 Å². The van der Waals surface area contributed by atoms with E-state index >= 15 is 0 Å². The Labute approximate surface area is 75.9 Å². The van der Waals surface area contributed by atoms with Crippen molar-refractivity contribution in [3.05, 3.63) is 19.7 Å². The standard InChI is InChI=1S/C6H14.3CN/c1-3-5-6-4-2;3*1-2/h3-6H2,1-2H3;;;/q;3*-1. The molecule has 0 radical (unpaired) electrons. The van der Waals surface area contributed by atoms with Gasteiger partial charge in [0.2, 0.25) is 0 Å². The Bertz CT molecular complexity index is 73.4. The smallest absolute Gasteiger partial charge is 0.0536 e. The van der Waals surface area contributed by atoms with Crippen LogP contribution in [0.5, 0.6) is 0 Å².